The van der Waals surface area contributed by atoms with Crippen molar-refractivity contribution in [3.8, 4) is 5.75 Å². The Labute approximate surface area is 124 Å². The summed E-state index contributed by atoms with van der Waals surface area (Å²) in [5, 5.41) is 0. The van der Waals surface area contributed by atoms with Gasteiger partial charge in [0.05, 0.1) is 7.11 Å². The lowest BCUT2D eigenvalue weighted by Gasteiger charge is -2.39. The summed E-state index contributed by atoms with van der Waals surface area (Å²) in [4.78, 5) is 5.05. The van der Waals surface area contributed by atoms with Crippen LogP contribution in [0.1, 0.15) is 19.4 Å². The Balaban J connectivity index is 2.04. The summed E-state index contributed by atoms with van der Waals surface area (Å²) in [6.45, 7) is 10.1. The van der Waals surface area contributed by atoms with E-state index in [-0.39, 0.29) is 0 Å². The zero-order valence-corrected chi connectivity index (χ0v) is 13.6. The van der Waals surface area contributed by atoms with Crippen LogP contribution in [0.5, 0.6) is 5.75 Å². The zero-order chi connectivity index (χ0) is 13.8. The molecule has 1 aromatic rings. The van der Waals surface area contributed by atoms with Gasteiger partial charge in [0.1, 0.15) is 5.75 Å². The number of halogens is 1. The fourth-order valence-electron chi connectivity index (χ4n) is 2.80. The zero-order valence-electron chi connectivity index (χ0n) is 12.0. The summed E-state index contributed by atoms with van der Waals surface area (Å²) in [5.41, 5.74) is 1.26. The van der Waals surface area contributed by atoms with Crippen molar-refractivity contribution in [3.63, 3.8) is 0 Å². The second-order valence-corrected chi connectivity index (χ2v) is 6.08. The molecule has 1 atom stereocenters. The maximum absolute atomic E-state index is 5.45. The number of hydrogen-bond acceptors (Lipinski definition) is 3. The Morgan fingerprint density at radius 2 is 2.16 bits per heavy atom. The SMILES string of the molecule is CCN1CCN(Cc2cc(Br)ccc2OC)CC1C. The van der Waals surface area contributed by atoms with Crippen LogP contribution in [0.2, 0.25) is 0 Å². The minimum absolute atomic E-state index is 0.636. The van der Waals surface area contributed by atoms with Gasteiger partial charge in [-0.3, -0.25) is 9.80 Å². The molecule has 106 valence electrons. The second kappa shape index (κ2) is 6.73. The number of hydrogen-bond donors (Lipinski definition) is 0. The van der Waals surface area contributed by atoms with Crippen LogP contribution in [0.3, 0.4) is 0 Å². The molecule has 0 N–H and O–H groups in total. The van der Waals surface area contributed by atoms with Gasteiger partial charge >= 0.3 is 0 Å². The lowest BCUT2D eigenvalue weighted by Crippen LogP contribution is -2.51. The third-order valence-corrected chi connectivity index (χ3v) is 4.39. The van der Waals surface area contributed by atoms with Gasteiger partial charge in [0.25, 0.3) is 0 Å². The van der Waals surface area contributed by atoms with Crippen LogP contribution < -0.4 is 4.74 Å². The Morgan fingerprint density at radius 3 is 2.79 bits per heavy atom. The van der Waals surface area contributed by atoms with Crippen LogP contribution in [0, 0.1) is 0 Å². The first kappa shape index (κ1) is 14.8. The van der Waals surface area contributed by atoms with E-state index in [1.54, 1.807) is 7.11 Å². The normalized spacial score (nSPS) is 21.6. The number of benzene rings is 1. The molecule has 1 aliphatic heterocycles. The average molecular weight is 327 g/mol. The van der Waals surface area contributed by atoms with Crippen molar-refractivity contribution in [1.82, 2.24) is 9.80 Å². The third-order valence-electron chi connectivity index (χ3n) is 3.89. The van der Waals surface area contributed by atoms with E-state index >= 15 is 0 Å². The van der Waals surface area contributed by atoms with Gasteiger partial charge in [-0.15, -0.1) is 0 Å². The number of ether oxygens (including phenoxy) is 1. The van der Waals surface area contributed by atoms with E-state index in [9.17, 15) is 0 Å². The highest BCUT2D eigenvalue weighted by Gasteiger charge is 2.22. The van der Waals surface area contributed by atoms with Crippen LogP contribution in [0.25, 0.3) is 0 Å². The summed E-state index contributed by atoms with van der Waals surface area (Å²) in [6, 6.07) is 6.86. The molecule has 0 saturated carbocycles. The van der Waals surface area contributed by atoms with Gasteiger partial charge in [0.2, 0.25) is 0 Å². The van der Waals surface area contributed by atoms with Gasteiger partial charge in [-0.1, -0.05) is 22.9 Å². The highest BCUT2D eigenvalue weighted by Crippen LogP contribution is 2.25. The van der Waals surface area contributed by atoms with E-state index in [4.69, 9.17) is 4.74 Å². The number of piperazine rings is 1. The first-order valence-electron chi connectivity index (χ1n) is 6.92. The van der Waals surface area contributed by atoms with Crippen LogP contribution >= 0.6 is 15.9 Å². The molecule has 2 rings (SSSR count). The topological polar surface area (TPSA) is 15.7 Å². The molecule has 19 heavy (non-hydrogen) atoms. The molecule has 1 saturated heterocycles. The van der Waals surface area contributed by atoms with E-state index < -0.39 is 0 Å². The van der Waals surface area contributed by atoms with Gasteiger partial charge in [0.15, 0.2) is 0 Å². The summed E-state index contributed by atoms with van der Waals surface area (Å²) in [6.07, 6.45) is 0. The molecule has 4 heteroatoms. The van der Waals surface area contributed by atoms with Crippen molar-refractivity contribution >= 4 is 15.9 Å². The molecular weight excluding hydrogens is 304 g/mol. The second-order valence-electron chi connectivity index (χ2n) is 5.17. The minimum atomic E-state index is 0.636. The number of rotatable bonds is 4. The summed E-state index contributed by atoms with van der Waals surface area (Å²) in [5.74, 6) is 0.980. The van der Waals surface area contributed by atoms with Crippen molar-refractivity contribution < 1.29 is 4.74 Å². The molecule has 1 fully saturated rings. The summed E-state index contributed by atoms with van der Waals surface area (Å²) >= 11 is 3.54. The molecule has 0 aliphatic carbocycles. The van der Waals surface area contributed by atoms with Crippen molar-refractivity contribution in [3.05, 3.63) is 28.2 Å². The van der Waals surface area contributed by atoms with Crippen molar-refractivity contribution in [2.24, 2.45) is 0 Å². The van der Waals surface area contributed by atoms with Gasteiger partial charge in [-0.2, -0.15) is 0 Å². The van der Waals surface area contributed by atoms with Crippen molar-refractivity contribution in [1.29, 1.82) is 0 Å². The van der Waals surface area contributed by atoms with Gasteiger partial charge in [0, 0.05) is 42.3 Å². The molecule has 0 bridgehead atoms. The molecule has 0 aromatic heterocycles. The van der Waals surface area contributed by atoms with Gasteiger partial charge in [-0.05, 0) is 31.7 Å². The van der Waals surface area contributed by atoms with Gasteiger partial charge < -0.3 is 4.74 Å². The predicted molar refractivity (Wildman–Crippen MR) is 82.7 cm³/mol. The molecule has 1 unspecified atom stereocenters. The highest BCUT2D eigenvalue weighted by atomic mass is 79.9. The molecule has 0 amide bonds. The fraction of sp³-hybridized carbons (Fsp3) is 0.600. The summed E-state index contributed by atoms with van der Waals surface area (Å²) < 4.78 is 6.57. The van der Waals surface area contributed by atoms with Crippen molar-refractivity contribution in [2.75, 3.05) is 33.3 Å². The fourth-order valence-corrected chi connectivity index (χ4v) is 3.20. The molecule has 1 aliphatic rings. The molecule has 1 heterocycles. The molecule has 0 radical (unpaired) electrons. The first-order chi connectivity index (χ1) is 9.13. The molecule has 0 spiro atoms. The predicted octanol–water partition coefficient (Wildman–Crippen LogP) is 2.98. The van der Waals surface area contributed by atoms with E-state index in [0.717, 1.165) is 42.9 Å². The quantitative estimate of drug-likeness (QED) is 0.846. The average Bonchev–Trinajstić information content (AvgIpc) is 2.39. The summed E-state index contributed by atoms with van der Waals surface area (Å²) in [7, 11) is 1.74. The standard InChI is InChI=1S/C15H23BrN2O/c1-4-18-8-7-17(10-12(18)2)11-13-9-14(16)5-6-15(13)19-3/h5-6,9,12H,4,7-8,10-11H2,1-3H3. The largest absolute Gasteiger partial charge is 0.496 e. The Morgan fingerprint density at radius 1 is 1.37 bits per heavy atom. The van der Waals surface area contributed by atoms with E-state index in [1.807, 2.05) is 12.1 Å². The van der Waals surface area contributed by atoms with Crippen LogP contribution in [-0.2, 0) is 6.54 Å². The van der Waals surface area contributed by atoms with Gasteiger partial charge in [-0.25, -0.2) is 0 Å². The Kier molecular flexibility index (Phi) is 5.25. The maximum atomic E-state index is 5.45. The maximum Gasteiger partial charge on any atom is 0.123 e. The number of likely N-dealkylation sites (N-methyl/N-ethyl adjacent to an activating group) is 1. The lowest BCUT2D eigenvalue weighted by atomic mass is 10.1. The number of nitrogens with zero attached hydrogens (tertiary/aromatic N) is 2. The Hall–Kier alpha value is -0.580. The van der Waals surface area contributed by atoms with E-state index in [1.165, 1.54) is 5.56 Å². The van der Waals surface area contributed by atoms with Crippen molar-refractivity contribution in [2.45, 2.75) is 26.4 Å². The smallest absolute Gasteiger partial charge is 0.123 e. The minimum Gasteiger partial charge on any atom is -0.496 e. The third kappa shape index (κ3) is 3.71. The number of methoxy groups -OCH3 is 1. The van der Waals surface area contributed by atoms with E-state index in [2.05, 4.69) is 45.6 Å². The van der Waals surface area contributed by atoms with Crippen LogP contribution in [0.15, 0.2) is 22.7 Å². The molecule has 1 aromatic carbocycles. The highest BCUT2D eigenvalue weighted by molar-refractivity contribution is 9.10. The van der Waals surface area contributed by atoms with Crippen LogP contribution in [-0.4, -0.2) is 49.1 Å². The van der Waals surface area contributed by atoms with Crippen LogP contribution in [0.4, 0.5) is 0 Å². The monoisotopic (exact) mass is 326 g/mol. The first-order valence-corrected chi connectivity index (χ1v) is 7.72. The Bertz CT molecular complexity index is 425. The van der Waals surface area contributed by atoms with E-state index in [0.29, 0.717) is 6.04 Å². The molecule has 3 nitrogen and oxygen atoms in total. The lowest BCUT2D eigenvalue weighted by molar-refractivity contribution is 0.0829. The molecular formula is C15H23BrN2O.